The molecule has 0 bridgehead atoms. The molecule has 0 N–H and O–H groups in total. The molecule has 0 radical (unpaired) electrons. The summed E-state index contributed by atoms with van der Waals surface area (Å²) in [6.07, 6.45) is 0.962. The number of ether oxygens (including phenoxy) is 1. The molecule has 0 unspecified atom stereocenters. The van der Waals surface area contributed by atoms with E-state index < -0.39 is 10.0 Å². The highest BCUT2D eigenvalue weighted by molar-refractivity contribution is 9.10. The third kappa shape index (κ3) is 3.79. The zero-order valence-corrected chi connectivity index (χ0v) is 15.3. The first-order valence-corrected chi connectivity index (χ1v) is 9.90. The molecule has 1 aliphatic rings. The number of thiophene rings is 1. The fraction of sp³-hybridized carbons (Fsp3) is 0.583. The fourth-order valence-electron chi connectivity index (χ4n) is 2.21. The average Bonchev–Trinajstić information content (AvgIpc) is 2.79. The predicted molar refractivity (Wildman–Crippen MR) is 85.1 cm³/mol. The quantitative estimate of drug-likeness (QED) is 0.707. The molecule has 2 rings (SSSR count). The monoisotopic (exact) mass is 415 g/mol. The molecule has 0 aromatic carbocycles. The van der Waals surface area contributed by atoms with Gasteiger partial charge in [0.25, 0.3) is 10.0 Å². The first-order valence-electron chi connectivity index (χ1n) is 6.48. The van der Waals surface area contributed by atoms with Crippen LogP contribution in [0.1, 0.15) is 19.8 Å². The van der Waals surface area contributed by atoms with E-state index in [-0.39, 0.29) is 16.1 Å². The lowest BCUT2D eigenvalue weighted by Crippen LogP contribution is -2.40. The molecule has 0 saturated carbocycles. The zero-order chi connectivity index (χ0) is 15.6. The molecule has 1 aromatic rings. The van der Waals surface area contributed by atoms with Crippen molar-refractivity contribution in [2.24, 2.45) is 5.92 Å². The number of hydrogen-bond acceptors (Lipinski definition) is 5. The van der Waals surface area contributed by atoms with Crippen molar-refractivity contribution in [3.8, 4) is 0 Å². The number of sulfonamides is 1. The number of piperidine rings is 1. The summed E-state index contributed by atoms with van der Waals surface area (Å²) >= 11 is 10.1. The lowest BCUT2D eigenvalue weighted by atomic mass is 9.98. The van der Waals surface area contributed by atoms with E-state index in [4.69, 9.17) is 16.3 Å². The molecule has 21 heavy (non-hydrogen) atoms. The lowest BCUT2D eigenvalue weighted by Gasteiger charge is -2.29. The van der Waals surface area contributed by atoms with Gasteiger partial charge in [-0.25, -0.2) is 8.42 Å². The Labute approximate surface area is 141 Å². The van der Waals surface area contributed by atoms with Crippen LogP contribution in [0.15, 0.2) is 14.7 Å². The van der Waals surface area contributed by atoms with Crippen LogP contribution >= 0.6 is 38.9 Å². The standard InChI is InChI=1S/C12H15BrClNO4S2/c1-2-19-11(16)8-3-5-15(6-4-8)21(17,18)12-9(13)7-10(14)20-12/h7-8H,2-6H2,1H3. The Morgan fingerprint density at radius 3 is 2.62 bits per heavy atom. The van der Waals surface area contributed by atoms with E-state index in [1.54, 1.807) is 13.0 Å². The predicted octanol–water partition coefficient (Wildman–Crippen LogP) is 3.13. The number of nitrogens with zero attached hydrogens (tertiary/aromatic N) is 1. The number of carbonyl (C=O) groups is 1. The van der Waals surface area contributed by atoms with Crippen LogP contribution in [0.25, 0.3) is 0 Å². The topological polar surface area (TPSA) is 63.7 Å². The van der Waals surface area contributed by atoms with Gasteiger partial charge in [-0.05, 0) is 41.8 Å². The summed E-state index contributed by atoms with van der Waals surface area (Å²) in [6, 6.07) is 1.57. The van der Waals surface area contributed by atoms with E-state index in [2.05, 4.69) is 15.9 Å². The van der Waals surface area contributed by atoms with Crippen LogP contribution in [0.5, 0.6) is 0 Å². The smallest absolute Gasteiger partial charge is 0.309 e. The van der Waals surface area contributed by atoms with Gasteiger partial charge in [0.1, 0.15) is 0 Å². The third-order valence-corrected chi connectivity index (χ3v) is 8.10. The maximum atomic E-state index is 12.6. The SMILES string of the molecule is CCOC(=O)C1CCN(S(=O)(=O)c2sc(Cl)cc2Br)CC1. The van der Waals surface area contributed by atoms with E-state index in [0.29, 0.717) is 41.3 Å². The highest BCUT2D eigenvalue weighted by atomic mass is 79.9. The van der Waals surface area contributed by atoms with Crippen LogP contribution in [0.2, 0.25) is 4.34 Å². The molecule has 9 heteroatoms. The number of halogens is 2. The molecule has 2 heterocycles. The molecule has 118 valence electrons. The summed E-state index contributed by atoms with van der Waals surface area (Å²) in [4.78, 5) is 11.7. The van der Waals surface area contributed by atoms with Gasteiger partial charge in [0.05, 0.1) is 21.3 Å². The molecule has 0 amide bonds. The molecule has 1 fully saturated rings. The lowest BCUT2D eigenvalue weighted by molar-refractivity contribution is -0.149. The van der Waals surface area contributed by atoms with Gasteiger partial charge in [-0.1, -0.05) is 11.6 Å². The fourth-order valence-corrected chi connectivity index (χ4v) is 6.81. The first kappa shape index (κ1) is 17.2. The molecule has 5 nitrogen and oxygen atoms in total. The van der Waals surface area contributed by atoms with E-state index in [9.17, 15) is 13.2 Å². The van der Waals surface area contributed by atoms with Gasteiger partial charge in [-0.3, -0.25) is 4.79 Å². The van der Waals surface area contributed by atoms with Gasteiger partial charge in [-0.15, -0.1) is 11.3 Å². The maximum absolute atomic E-state index is 12.6. The zero-order valence-electron chi connectivity index (χ0n) is 11.3. The van der Waals surface area contributed by atoms with Gasteiger partial charge in [-0.2, -0.15) is 4.31 Å². The minimum Gasteiger partial charge on any atom is -0.466 e. The van der Waals surface area contributed by atoms with Crippen LogP contribution in [-0.4, -0.2) is 38.4 Å². The summed E-state index contributed by atoms with van der Waals surface area (Å²) in [5.74, 6) is -0.457. The van der Waals surface area contributed by atoms with Crippen LogP contribution < -0.4 is 0 Å². The number of hydrogen-bond donors (Lipinski definition) is 0. The summed E-state index contributed by atoms with van der Waals surface area (Å²) in [6.45, 7) is 2.73. The normalized spacial score (nSPS) is 17.9. The molecular formula is C12H15BrClNO4S2. The number of esters is 1. The van der Waals surface area contributed by atoms with Crippen molar-refractivity contribution >= 4 is 54.9 Å². The average molecular weight is 417 g/mol. The van der Waals surface area contributed by atoms with Crippen molar-refractivity contribution in [3.05, 3.63) is 14.9 Å². The van der Waals surface area contributed by atoms with E-state index in [1.807, 2.05) is 0 Å². The molecule has 1 saturated heterocycles. The Morgan fingerprint density at radius 2 is 2.14 bits per heavy atom. The Kier molecular flexibility index (Phi) is 5.70. The van der Waals surface area contributed by atoms with Crippen molar-refractivity contribution in [2.45, 2.75) is 24.0 Å². The third-order valence-electron chi connectivity index (χ3n) is 3.27. The number of carbonyl (C=O) groups excluding carboxylic acids is 1. The van der Waals surface area contributed by atoms with Gasteiger partial charge in [0.15, 0.2) is 4.21 Å². The highest BCUT2D eigenvalue weighted by Gasteiger charge is 2.34. The second kappa shape index (κ2) is 6.95. The Balaban J connectivity index is 2.08. The summed E-state index contributed by atoms with van der Waals surface area (Å²) in [7, 11) is -3.56. The molecule has 0 atom stereocenters. The van der Waals surface area contributed by atoms with E-state index in [1.165, 1.54) is 4.31 Å². The Bertz CT molecular complexity index is 623. The number of rotatable bonds is 4. The van der Waals surface area contributed by atoms with Gasteiger partial charge in [0.2, 0.25) is 0 Å². The Morgan fingerprint density at radius 1 is 1.52 bits per heavy atom. The van der Waals surface area contributed by atoms with Gasteiger partial charge in [0, 0.05) is 13.1 Å². The minimum atomic E-state index is -3.56. The van der Waals surface area contributed by atoms with Crippen LogP contribution in [0.3, 0.4) is 0 Å². The van der Waals surface area contributed by atoms with Gasteiger partial charge < -0.3 is 4.74 Å². The summed E-state index contributed by atoms with van der Waals surface area (Å²) < 4.78 is 32.6. The van der Waals surface area contributed by atoms with E-state index in [0.717, 1.165) is 11.3 Å². The second-order valence-corrected chi connectivity index (χ2v) is 9.29. The van der Waals surface area contributed by atoms with Gasteiger partial charge >= 0.3 is 5.97 Å². The van der Waals surface area contributed by atoms with Crippen molar-refractivity contribution in [2.75, 3.05) is 19.7 Å². The molecule has 0 spiro atoms. The van der Waals surface area contributed by atoms with Crippen LogP contribution in [0, 0.1) is 5.92 Å². The molecule has 1 aliphatic heterocycles. The van der Waals surface area contributed by atoms with Crippen molar-refractivity contribution in [1.82, 2.24) is 4.31 Å². The van der Waals surface area contributed by atoms with E-state index >= 15 is 0 Å². The van der Waals surface area contributed by atoms with Crippen LogP contribution in [-0.2, 0) is 19.6 Å². The second-order valence-electron chi connectivity index (χ2n) is 4.62. The van der Waals surface area contributed by atoms with Crippen molar-refractivity contribution in [3.63, 3.8) is 0 Å². The minimum absolute atomic E-state index is 0.210. The molecule has 0 aliphatic carbocycles. The largest absolute Gasteiger partial charge is 0.466 e. The summed E-state index contributed by atoms with van der Waals surface area (Å²) in [5.41, 5.74) is 0. The maximum Gasteiger partial charge on any atom is 0.309 e. The summed E-state index contributed by atoms with van der Waals surface area (Å²) in [5, 5.41) is 0. The highest BCUT2D eigenvalue weighted by Crippen LogP contribution is 2.37. The first-order chi connectivity index (χ1) is 9.86. The van der Waals surface area contributed by atoms with Crippen molar-refractivity contribution < 1.29 is 17.9 Å². The molecular weight excluding hydrogens is 402 g/mol. The Hall–Kier alpha value is -0.150. The molecule has 1 aromatic heterocycles. The van der Waals surface area contributed by atoms with Crippen molar-refractivity contribution in [1.29, 1.82) is 0 Å². The van der Waals surface area contributed by atoms with Crippen LogP contribution in [0.4, 0.5) is 0 Å².